The minimum absolute atomic E-state index is 0.0244. The summed E-state index contributed by atoms with van der Waals surface area (Å²) in [6.07, 6.45) is 1.36. The lowest BCUT2D eigenvalue weighted by atomic mass is 10.5. The van der Waals surface area contributed by atoms with E-state index in [2.05, 4.69) is 10.4 Å². The van der Waals surface area contributed by atoms with Crippen molar-refractivity contribution in [2.24, 2.45) is 7.05 Å². The van der Waals surface area contributed by atoms with E-state index in [0.717, 1.165) is 0 Å². The zero-order chi connectivity index (χ0) is 10.6. The van der Waals surface area contributed by atoms with Gasteiger partial charge in [-0.15, -0.1) is 5.10 Å². The predicted molar refractivity (Wildman–Crippen MR) is 50.2 cm³/mol. The van der Waals surface area contributed by atoms with Gasteiger partial charge in [0.2, 0.25) is 5.82 Å². The Hall–Kier alpha value is -1.63. The van der Waals surface area contributed by atoms with Crippen molar-refractivity contribution in [2.45, 2.75) is 0 Å². The van der Waals surface area contributed by atoms with E-state index >= 15 is 0 Å². The fourth-order valence-corrected chi connectivity index (χ4v) is 1.01. The fraction of sp³-hybridized carbons (Fsp3) is 0.571. The summed E-state index contributed by atoms with van der Waals surface area (Å²) < 4.78 is 6.20. The van der Waals surface area contributed by atoms with Crippen LogP contribution < -0.4 is 5.32 Å². The molecule has 0 bridgehead atoms. The molecule has 1 rings (SSSR count). The molecule has 1 aromatic rings. The summed E-state index contributed by atoms with van der Waals surface area (Å²) in [6.45, 7) is 0.974. The van der Waals surface area contributed by atoms with Crippen molar-refractivity contribution >= 4 is 11.5 Å². The second-order valence-electron chi connectivity index (χ2n) is 2.71. The number of hydrogen-bond donors (Lipinski definition) is 1. The highest BCUT2D eigenvalue weighted by Crippen LogP contribution is 2.20. The first-order valence-corrected chi connectivity index (χ1v) is 4.06. The number of nitrogens with zero attached hydrogens (tertiary/aromatic N) is 3. The number of hydrogen-bond acceptors (Lipinski definition) is 5. The third kappa shape index (κ3) is 2.43. The summed E-state index contributed by atoms with van der Waals surface area (Å²) in [5.41, 5.74) is -0.0244. The first-order valence-electron chi connectivity index (χ1n) is 4.06. The second-order valence-corrected chi connectivity index (χ2v) is 2.71. The highest BCUT2D eigenvalue weighted by molar-refractivity contribution is 5.54. The van der Waals surface area contributed by atoms with E-state index in [4.69, 9.17) is 4.74 Å². The van der Waals surface area contributed by atoms with Crippen molar-refractivity contribution in [3.63, 3.8) is 0 Å². The molecule has 0 radical (unpaired) electrons. The minimum Gasteiger partial charge on any atom is -0.383 e. The fourth-order valence-electron chi connectivity index (χ4n) is 1.01. The molecule has 0 atom stereocenters. The highest BCUT2D eigenvalue weighted by Gasteiger charge is 2.17. The number of ether oxygens (including phenoxy) is 1. The first-order chi connectivity index (χ1) is 6.65. The van der Waals surface area contributed by atoms with Gasteiger partial charge < -0.3 is 10.1 Å². The van der Waals surface area contributed by atoms with E-state index in [0.29, 0.717) is 13.2 Å². The number of anilines is 1. The zero-order valence-electron chi connectivity index (χ0n) is 8.06. The van der Waals surface area contributed by atoms with Crippen molar-refractivity contribution in [3.8, 4) is 0 Å². The Bertz CT molecular complexity index is 323. The van der Waals surface area contributed by atoms with Crippen molar-refractivity contribution in [3.05, 3.63) is 16.3 Å². The Morgan fingerprint density at radius 2 is 2.50 bits per heavy atom. The standard InChI is InChI=1S/C7H12N4O3/c1-10-5-6(11(12)13)7(9-10)8-3-4-14-2/h5H,3-4H2,1-2H3,(H,8,9). The predicted octanol–water partition coefficient (Wildman–Crippen LogP) is 0.387. The van der Waals surface area contributed by atoms with Crippen LogP contribution in [0.25, 0.3) is 0 Å². The Balaban J connectivity index is 2.69. The van der Waals surface area contributed by atoms with E-state index in [1.54, 1.807) is 14.2 Å². The molecule has 1 N–H and O–H groups in total. The van der Waals surface area contributed by atoms with Crippen LogP contribution >= 0.6 is 0 Å². The van der Waals surface area contributed by atoms with Gasteiger partial charge in [0.15, 0.2) is 0 Å². The number of aryl methyl sites for hydroxylation is 1. The third-order valence-corrected chi connectivity index (χ3v) is 1.60. The van der Waals surface area contributed by atoms with E-state index in [-0.39, 0.29) is 11.5 Å². The molecule has 0 saturated carbocycles. The maximum absolute atomic E-state index is 10.5. The largest absolute Gasteiger partial charge is 0.383 e. The lowest BCUT2D eigenvalue weighted by Gasteiger charge is -2.00. The first kappa shape index (κ1) is 10.5. The Morgan fingerprint density at radius 3 is 3.07 bits per heavy atom. The molecule has 0 saturated heterocycles. The lowest BCUT2D eigenvalue weighted by molar-refractivity contribution is -0.384. The van der Waals surface area contributed by atoms with Crippen LogP contribution in [0.4, 0.5) is 11.5 Å². The molecule has 0 fully saturated rings. The van der Waals surface area contributed by atoms with Gasteiger partial charge in [0.05, 0.1) is 11.5 Å². The molecule has 0 unspecified atom stereocenters. The van der Waals surface area contributed by atoms with Crippen LogP contribution in [0.3, 0.4) is 0 Å². The number of aromatic nitrogens is 2. The van der Waals surface area contributed by atoms with Crippen LogP contribution in [0.1, 0.15) is 0 Å². The van der Waals surface area contributed by atoms with Crippen molar-refractivity contribution < 1.29 is 9.66 Å². The molecular formula is C7H12N4O3. The molecule has 0 aliphatic carbocycles. The number of nitrogens with one attached hydrogen (secondary N) is 1. The number of nitro groups is 1. The van der Waals surface area contributed by atoms with Gasteiger partial charge >= 0.3 is 5.69 Å². The van der Waals surface area contributed by atoms with Crippen molar-refractivity contribution in [2.75, 3.05) is 25.6 Å². The van der Waals surface area contributed by atoms with Gasteiger partial charge in [-0.3, -0.25) is 14.8 Å². The molecule has 0 spiro atoms. The Kier molecular flexibility index (Phi) is 3.41. The van der Waals surface area contributed by atoms with Gasteiger partial charge in [-0.25, -0.2) is 0 Å². The third-order valence-electron chi connectivity index (χ3n) is 1.60. The van der Waals surface area contributed by atoms with Crippen LogP contribution in [0, 0.1) is 10.1 Å². The molecule has 7 heteroatoms. The van der Waals surface area contributed by atoms with E-state index in [1.807, 2.05) is 0 Å². The summed E-state index contributed by atoms with van der Waals surface area (Å²) in [4.78, 5) is 10.1. The van der Waals surface area contributed by atoms with E-state index in [1.165, 1.54) is 10.9 Å². The topological polar surface area (TPSA) is 82.2 Å². The number of rotatable bonds is 5. The van der Waals surface area contributed by atoms with Crippen molar-refractivity contribution in [1.82, 2.24) is 9.78 Å². The van der Waals surface area contributed by atoms with Gasteiger partial charge in [0.25, 0.3) is 0 Å². The summed E-state index contributed by atoms with van der Waals surface area (Å²) >= 11 is 0. The molecule has 14 heavy (non-hydrogen) atoms. The summed E-state index contributed by atoms with van der Waals surface area (Å²) in [6, 6.07) is 0. The SMILES string of the molecule is COCCNc1nn(C)cc1[N+](=O)[O-]. The van der Waals surface area contributed by atoms with E-state index < -0.39 is 4.92 Å². The monoisotopic (exact) mass is 200 g/mol. The summed E-state index contributed by atoms with van der Waals surface area (Å²) in [7, 11) is 3.20. The van der Waals surface area contributed by atoms with Crippen LogP contribution in [0.5, 0.6) is 0 Å². The Labute approximate surface area is 80.8 Å². The summed E-state index contributed by atoms with van der Waals surface area (Å²) in [5, 5.41) is 17.3. The zero-order valence-corrected chi connectivity index (χ0v) is 8.06. The summed E-state index contributed by atoms with van der Waals surface area (Å²) in [5.74, 6) is 0.273. The smallest absolute Gasteiger partial charge is 0.330 e. The average Bonchev–Trinajstić information content (AvgIpc) is 2.47. The van der Waals surface area contributed by atoms with Crippen LogP contribution in [-0.2, 0) is 11.8 Å². The van der Waals surface area contributed by atoms with Gasteiger partial charge in [-0.1, -0.05) is 0 Å². The average molecular weight is 200 g/mol. The van der Waals surface area contributed by atoms with Gasteiger partial charge in [0.1, 0.15) is 6.20 Å². The molecule has 0 aromatic carbocycles. The lowest BCUT2D eigenvalue weighted by Crippen LogP contribution is -2.09. The van der Waals surface area contributed by atoms with Gasteiger partial charge in [-0.05, 0) is 0 Å². The van der Waals surface area contributed by atoms with E-state index in [9.17, 15) is 10.1 Å². The highest BCUT2D eigenvalue weighted by atomic mass is 16.6. The molecule has 1 aromatic heterocycles. The van der Waals surface area contributed by atoms with Crippen LogP contribution in [0.15, 0.2) is 6.20 Å². The normalized spacial score (nSPS) is 10.1. The molecular weight excluding hydrogens is 188 g/mol. The van der Waals surface area contributed by atoms with Gasteiger partial charge in [0, 0.05) is 20.7 Å². The second kappa shape index (κ2) is 4.56. The molecule has 78 valence electrons. The number of methoxy groups -OCH3 is 1. The molecule has 7 nitrogen and oxygen atoms in total. The molecule has 0 amide bonds. The van der Waals surface area contributed by atoms with Crippen LogP contribution in [-0.4, -0.2) is 35.0 Å². The Morgan fingerprint density at radius 1 is 1.79 bits per heavy atom. The maximum atomic E-state index is 10.5. The maximum Gasteiger partial charge on any atom is 0.330 e. The molecule has 0 aliphatic heterocycles. The van der Waals surface area contributed by atoms with Crippen LogP contribution in [0.2, 0.25) is 0 Å². The molecule has 0 aliphatic rings. The molecule has 1 heterocycles. The van der Waals surface area contributed by atoms with Gasteiger partial charge in [-0.2, -0.15) is 0 Å². The minimum atomic E-state index is -0.470. The van der Waals surface area contributed by atoms with Crippen molar-refractivity contribution in [1.29, 1.82) is 0 Å². The quantitative estimate of drug-likeness (QED) is 0.422.